The SMILES string of the molecule is CCCN(CC)CCCCC(C)(C#N)NCC. The van der Waals surface area contributed by atoms with Crippen molar-refractivity contribution in [2.45, 2.75) is 58.9 Å². The first kappa shape index (κ1) is 16.4. The van der Waals surface area contributed by atoms with Gasteiger partial charge in [-0.05, 0) is 58.8 Å². The van der Waals surface area contributed by atoms with Gasteiger partial charge in [-0.25, -0.2) is 0 Å². The molecule has 1 atom stereocenters. The average Bonchev–Trinajstić information content (AvgIpc) is 2.33. The van der Waals surface area contributed by atoms with E-state index in [2.05, 4.69) is 37.1 Å². The zero-order valence-corrected chi connectivity index (χ0v) is 12.1. The minimum Gasteiger partial charge on any atom is -0.304 e. The summed E-state index contributed by atoms with van der Waals surface area (Å²) in [5.41, 5.74) is -0.337. The molecule has 0 heterocycles. The van der Waals surface area contributed by atoms with Gasteiger partial charge in [0.05, 0.1) is 6.07 Å². The molecular weight excluding hydrogens is 210 g/mol. The van der Waals surface area contributed by atoms with Crippen LogP contribution in [0.4, 0.5) is 0 Å². The molecule has 17 heavy (non-hydrogen) atoms. The van der Waals surface area contributed by atoms with E-state index >= 15 is 0 Å². The normalized spacial score (nSPS) is 14.6. The van der Waals surface area contributed by atoms with E-state index in [1.165, 1.54) is 19.4 Å². The van der Waals surface area contributed by atoms with Gasteiger partial charge in [0.25, 0.3) is 0 Å². The molecule has 0 spiro atoms. The molecule has 0 aliphatic carbocycles. The van der Waals surface area contributed by atoms with Crippen LogP contribution in [0.5, 0.6) is 0 Å². The van der Waals surface area contributed by atoms with Crippen molar-refractivity contribution in [3.63, 3.8) is 0 Å². The molecule has 0 bridgehead atoms. The van der Waals surface area contributed by atoms with Crippen molar-refractivity contribution in [3.8, 4) is 6.07 Å². The van der Waals surface area contributed by atoms with Crippen molar-refractivity contribution < 1.29 is 0 Å². The molecule has 0 aromatic rings. The van der Waals surface area contributed by atoms with Gasteiger partial charge in [0.15, 0.2) is 0 Å². The number of unbranched alkanes of at least 4 members (excludes halogenated alkanes) is 1. The number of hydrogen-bond donors (Lipinski definition) is 1. The third kappa shape index (κ3) is 7.36. The van der Waals surface area contributed by atoms with Gasteiger partial charge in [-0.1, -0.05) is 20.8 Å². The van der Waals surface area contributed by atoms with Crippen LogP contribution >= 0.6 is 0 Å². The Kier molecular flexibility index (Phi) is 9.11. The van der Waals surface area contributed by atoms with Gasteiger partial charge in [-0.2, -0.15) is 5.26 Å². The fourth-order valence-corrected chi connectivity index (χ4v) is 2.13. The van der Waals surface area contributed by atoms with E-state index in [1.807, 2.05) is 6.92 Å². The number of nitrogens with zero attached hydrogens (tertiary/aromatic N) is 2. The summed E-state index contributed by atoms with van der Waals surface area (Å²) >= 11 is 0. The molecule has 0 radical (unpaired) electrons. The van der Waals surface area contributed by atoms with Crippen molar-refractivity contribution in [2.75, 3.05) is 26.2 Å². The molecule has 3 heteroatoms. The Labute approximate surface area is 107 Å². The van der Waals surface area contributed by atoms with Crippen LogP contribution in [0.15, 0.2) is 0 Å². The van der Waals surface area contributed by atoms with Crippen LogP contribution in [0.1, 0.15) is 53.4 Å². The smallest absolute Gasteiger partial charge is 0.103 e. The Bertz CT molecular complexity index is 222. The highest BCUT2D eigenvalue weighted by Crippen LogP contribution is 2.13. The summed E-state index contributed by atoms with van der Waals surface area (Å²) in [4.78, 5) is 2.48. The summed E-state index contributed by atoms with van der Waals surface area (Å²) in [6.07, 6.45) is 4.48. The molecule has 0 rings (SSSR count). The summed E-state index contributed by atoms with van der Waals surface area (Å²) in [6, 6.07) is 2.38. The molecule has 0 aliphatic rings. The summed E-state index contributed by atoms with van der Waals surface area (Å²) < 4.78 is 0. The lowest BCUT2D eigenvalue weighted by Gasteiger charge is -2.24. The van der Waals surface area contributed by atoms with Gasteiger partial charge < -0.3 is 4.90 Å². The van der Waals surface area contributed by atoms with Crippen molar-refractivity contribution in [1.82, 2.24) is 10.2 Å². The van der Waals surface area contributed by atoms with Crippen LogP contribution in [-0.2, 0) is 0 Å². The number of hydrogen-bond acceptors (Lipinski definition) is 3. The van der Waals surface area contributed by atoms with E-state index in [0.29, 0.717) is 0 Å². The minimum absolute atomic E-state index is 0.337. The van der Waals surface area contributed by atoms with Gasteiger partial charge in [-0.3, -0.25) is 5.32 Å². The highest BCUT2D eigenvalue weighted by molar-refractivity contribution is 5.03. The van der Waals surface area contributed by atoms with Crippen LogP contribution in [0.3, 0.4) is 0 Å². The highest BCUT2D eigenvalue weighted by Gasteiger charge is 2.21. The van der Waals surface area contributed by atoms with E-state index in [9.17, 15) is 0 Å². The molecular formula is C14H29N3. The van der Waals surface area contributed by atoms with Crippen LogP contribution in [0, 0.1) is 11.3 Å². The molecule has 0 fully saturated rings. The molecule has 1 unspecified atom stereocenters. The first-order valence-corrected chi connectivity index (χ1v) is 7.00. The van der Waals surface area contributed by atoms with E-state index in [4.69, 9.17) is 5.26 Å². The maximum Gasteiger partial charge on any atom is 0.103 e. The van der Waals surface area contributed by atoms with E-state index in [0.717, 1.165) is 32.5 Å². The fourth-order valence-electron chi connectivity index (χ4n) is 2.13. The second-order valence-corrected chi connectivity index (χ2v) is 4.87. The second-order valence-electron chi connectivity index (χ2n) is 4.87. The van der Waals surface area contributed by atoms with Crippen molar-refractivity contribution in [2.24, 2.45) is 0 Å². The number of nitriles is 1. The first-order chi connectivity index (χ1) is 8.11. The van der Waals surface area contributed by atoms with Crippen LogP contribution < -0.4 is 5.32 Å². The molecule has 3 nitrogen and oxygen atoms in total. The zero-order chi connectivity index (χ0) is 13.1. The number of nitrogens with one attached hydrogen (secondary N) is 1. The highest BCUT2D eigenvalue weighted by atomic mass is 15.1. The predicted molar refractivity (Wildman–Crippen MR) is 74.0 cm³/mol. The van der Waals surface area contributed by atoms with Crippen molar-refractivity contribution in [3.05, 3.63) is 0 Å². The van der Waals surface area contributed by atoms with Gasteiger partial charge >= 0.3 is 0 Å². The van der Waals surface area contributed by atoms with Gasteiger partial charge in [0.1, 0.15) is 5.54 Å². The molecule has 0 saturated carbocycles. The Morgan fingerprint density at radius 1 is 1.18 bits per heavy atom. The molecule has 0 amide bonds. The first-order valence-electron chi connectivity index (χ1n) is 7.00. The summed E-state index contributed by atoms with van der Waals surface area (Å²) in [6.45, 7) is 12.8. The summed E-state index contributed by atoms with van der Waals surface area (Å²) in [7, 11) is 0. The largest absolute Gasteiger partial charge is 0.304 e. The van der Waals surface area contributed by atoms with Crippen molar-refractivity contribution in [1.29, 1.82) is 5.26 Å². The van der Waals surface area contributed by atoms with Crippen LogP contribution in [0.25, 0.3) is 0 Å². The third-order valence-corrected chi connectivity index (χ3v) is 3.20. The lowest BCUT2D eigenvalue weighted by molar-refractivity contribution is 0.276. The lowest BCUT2D eigenvalue weighted by Crippen LogP contribution is -2.40. The molecule has 0 saturated heterocycles. The molecule has 100 valence electrons. The topological polar surface area (TPSA) is 39.1 Å². The Hall–Kier alpha value is -0.590. The van der Waals surface area contributed by atoms with E-state index in [-0.39, 0.29) is 5.54 Å². The predicted octanol–water partition coefficient (Wildman–Crippen LogP) is 2.78. The van der Waals surface area contributed by atoms with Gasteiger partial charge in [0, 0.05) is 0 Å². The maximum atomic E-state index is 9.13. The molecule has 0 aromatic heterocycles. The number of rotatable bonds is 10. The Morgan fingerprint density at radius 2 is 1.88 bits per heavy atom. The lowest BCUT2D eigenvalue weighted by atomic mass is 9.96. The standard InChI is InChI=1S/C14H29N3/c1-5-11-17(7-3)12-9-8-10-14(4,13-15)16-6-2/h16H,5-12H2,1-4H3. The Balaban J connectivity index is 3.78. The van der Waals surface area contributed by atoms with Crippen LogP contribution in [0.2, 0.25) is 0 Å². The summed E-state index contributed by atoms with van der Waals surface area (Å²) in [5, 5.41) is 12.4. The zero-order valence-electron chi connectivity index (χ0n) is 12.1. The second kappa shape index (κ2) is 9.44. The molecule has 1 N–H and O–H groups in total. The summed E-state index contributed by atoms with van der Waals surface area (Å²) in [5.74, 6) is 0. The van der Waals surface area contributed by atoms with Gasteiger partial charge in [-0.15, -0.1) is 0 Å². The maximum absolute atomic E-state index is 9.13. The Morgan fingerprint density at radius 3 is 2.35 bits per heavy atom. The van der Waals surface area contributed by atoms with Gasteiger partial charge in [0.2, 0.25) is 0 Å². The average molecular weight is 239 g/mol. The van der Waals surface area contributed by atoms with E-state index in [1.54, 1.807) is 0 Å². The fraction of sp³-hybridized carbons (Fsp3) is 0.929. The quantitative estimate of drug-likeness (QED) is 0.596. The monoisotopic (exact) mass is 239 g/mol. The molecule has 0 aromatic carbocycles. The van der Waals surface area contributed by atoms with E-state index < -0.39 is 0 Å². The van der Waals surface area contributed by atoms with Crippen molar-refractivity contribution >= 4 is 0 Å². The van der Waals surface area contributed by atoms with Crippen LogP contribution in [-0.4, -0.2) is 36.6 Å². The third-order valence-electron chi connectivity index (χ3n) is 3.20. The molecule has 0 aliphatic heterocycles. The minimum atomic E-state index is -0.337.